The smallest absolute Gasteiger partial charge is 0.462 e. The van der Waals surface area contributed by atoms with Crippen molar-refractivity contribution in [2.24, 2.45) is 0 Å². The highest BCUT2D eigenvalue weighted by atomic mass is 31.2. The van der Waals surface area contributed by atoms with Gasteiger partial charge in [-0.1, -0.05) is 171 Å². The van der Waals surface area contributed by atoms with Gasteiger partial charge in [0, 0.05) is 12.8 Å². The van der Waals surface area contributed by atoms with Crippen LogP contribution in [0.2, 0.25) is 0 Å². The van der Waals surface area contributed by atoms with Crippen molar-refractivity contribution in [1.82, 2.24) is 0 Å². The van der Waals surface area contributed by atoms with E-state index in [2.05, 4.69) is 74.6 Å². The summed E-state index contributed by atoms with van der Waals surface area (Å²) in [4.78, 5) is 35.1. The maximum Gasteiger partial charge on any atom is 0.472 e. The fourth-order valence-corrected chi connectivity index (χ4v) is 7.17. The molecule has 0 radical (unpaired) electrons. The molecule has 354 valence electrons. The molecule has 0 rings (SSSR count). The fraction of sp³-hybridized carbons (Fsp3) is 0.760. The van der Waals surface area contributed by atoms with Crippen LogP contribution in [-0.4, -0.2) is 65.7 Å². The third-order valence-electron chi connectivity index (χ3n) is 10.1. The number of phosphoric ester groups is 1. The Labute approximate surface area is 372 Å². The number of carbonyl (C=O) groups excluding carboxylic acids is 2. The molecule has 0 spiro atoms. The Morgan fingerprint density at radius 1 is 0.492 bits per heavy atom. The molecule has 0 bridgehead atoms. The minimum absolute atomic E-state index is 0.173. The second kappa shape index (κ2) is 45.7. The average Bonchev–Trinajstić information content (AvgIpc) is 3.25. The summed E-state index contributed by atoms with van der Waals surface area (Å²) in [6, 6.07) is 0. The van der Waals surface area contributed by atoms with Gasteiger partial charge < -0.3 is 24.6 Å². The summed E-state index contributed by atoms with van der Waals surface area (Å²) in [5.74, 6) is -0.962. The molecule has 0 saturated heterocycles. The van der Waals surface area contributed by atoms with Crippen molar-refractivity contribution in [3.8, 4) is 0 Å². The Morgan fingerprint density at radius 2 is 0.852 bits per heavy atom. The van der Waals surface area contributed by atoms with Crippen LogP contribution in [0, 0.1) is 0 Å². The highest BCUT2D eigenvalue weighted by Gasteiger charge is 2.27. The molecule has 0 aromatic heterocycles. The number of esters is 2. The van der Waals surface area contributed by atoms with Gasteiger partial charge in [-0.25, -0.2) is 4.57 Å². The number of hydrogen-bond acceptors (Lipinski definition) is 9. The maximum absolute atomic E-state index is 12.7. The molecule has 0 saturated carbocycles. The number of unbranched alkanes of at least 4 members (excludes halogenated alkanes) is 21. The number of ether oxygens (including phenoxy) is 2. The van der Waals surface area contributed by atoms with Crippen LogP contribution in [-0.2, 0) is 32.7 Å². The van der Waals surface area contributed by atoms with E-state index >= 15 is 0 Å². The van der Waals surface area contributed by atoms with Gasteiger partial charge in [0.25, 0.3) is 0 Å². The minimum Gasteiger partial charge on any atom is -0.462 e. The molecule has 0 aliphatic heterocycles. The number of rotatable bonds is 45. The summed E-state index contributed by atoms with van der Waals surface area (Å²) in [7, 11) is -4.63. The second-order valence-corrected chi connectivity index (χ2v) is 17.6. The van der Waals surface area contributed by atoms with E-state index in [0.29, 0.717) is 12.8 Å². The van der Waals surface area contributed by atoms with E-state index in [1.165, 1.54) is 109 Å². The van der Waals surface area contributed by atoms with Crippen molar-refractivity contribution < 1.29 is 47.8 Å². The summed E-state index contributed by atoms with van der Waals surface area (Å²) in [5, 5.41) is 18.4. The molecule has 0 amide bonds. The third-order valence-corrected chi connectivity index (χ3v) is 11.1. The monoisotopic (exact) mass is 881 g/mol. The van der Waals surface area contributed by atoms with Gasteiger partial charge in [-0.05, 0) is 83.5 Å². The van der Waals surface area contributed by atoms with Crippen LogP contribution in [0.1, 0.15) is 206 Å². The minimum atomic E-state index is -4.63. The lowest BCUT2D eigenvalue weighted by molar-refractivity contribution is -0.161. The Bertz CT molecular complexity index is 1200. The van der Waals surface area contributed by atoms with Crippen LogP contribution in [0.25, 0.3) is 0 Å². The third kappa shape index (κ3) is 45.5. The number of carbonyl (C=O) groups is 2. The molecular formula is C50H89O10P. The molecule has 10 nitrogen and oxygen atoms in total. The number of aliphatic hydroxyl groups is 2. The molecule has 3 atom stereocenters. The normalized spacial score (nSPS) is 14.2. The van der Waals surface area contributed by atoms with Gasteiger partial charge in [0.2, 0.25) is 0 Å². The standard InChI is InChI=1S/C50H89O10P/c1-3-5-7-9-11-13-15-17-19-21-23-25-27-29-31-33-35-37-39-41-49(53)57-45-48(46-59-61(55,56)58-44-47(52)43-51)60-50(54)42-40-38-36-34-32-30-28-26-24-22-20-18-16-14-12-10-8-6-4-2/h11,13,17-20,23,25,29,31,47-48,51-52H,3-10,12,14-16,21-22,24,26-28,30,32-46H2,1-2H3,(H,55,56)/b13-11-,19-17-,20-18-,25-23-,31-29-/t47-,48+/m0/s1. The van der Waals surface area contributed by atoms with Crippen LogP contribution in [0.5, 0.6) is 0 Å². The molecule has 0 aliphatic rings. The first-order valence-corrected chi connectivity index (χ1v) is 25.7. The Balaban J connectivity index is 4.29. The fourth-order valence-electron chi connectivity index (χ4n) is 6.38. The predicted molar refractivity (Wildman–Crippen MR) is 251 cm³/mol. The highest BCUT2D eigenvalue weighted by Crippen LogP contribution is 2.43. The van der Waals surface area contributed by atoms with Gasteiger partial charge in [0.15, 0.2) is 6.10 Å². The van der Waals surface area contributed by atoms with E-state index in [9.17, 15) is 24.2 Å². The second-order valence-electron chi connectivity index (χ2n) is 16.1. The summed E-state index contributed by atoms with van der Waals surface area (Å²) >= 11 is 0. The lowest BCUT2D eigenvalue weighted by Gasteiger charge is -2.20. The van der Waals surface area contributed by atoms with Crippen molar-refractivity contribution in [3.63, 3.8) is 0 Å². The zero-order chi connectivity index (χ0) is 44.8. The van der Waals surface area contributed by atoms with Crippen LogP contribution in [0.3, 0.4) is 0 Å². The van der Waals surface area contributed by atoms with E-state index in [1.807, 2.05) is 0 Å². The van der Waals surface area contributed by atoms with E-state index in [4.69, 9.17) is 23.6 Å². The lowest BCUT2D eigenvalue weighted by Crippen LogP contribution is -2.29. The van der Waals surface area contributed by atoms with E-state index < -0.39 is 51.8 Å². The first-order valence-electron chi connectivity index (χ1n) is 24.2. The van der Waals surface area contributed by atoms with E-state index in [-0.39, 0.29) is 19.4 Å². The lowest BCUT2D eigenvalue weighted by atomic mass is 10.1. The number of aliphatic hydroxyl groups excluding tert-OH is 2. The molecule has 11 heteroatoms. The van der Waals surface area contributed by atoms with Crippen molar-refractivity contribution in [1.29, 1.82) is 0 Å². The Kier molecular flexibility index (Phi) is 43.9. The number of allylic oxidation sites excluding steroid dienone is 10. The van der Waals surface area contributed by atoms with Gasteiger partial charge >= 0.3 is 19.8 Å². The molecule has 61 heavy (non-hydrogen) atoms. The van der Waals surface area contributed by atoms with Crippen LogP contribution >= 0.6 is 7.82 Å². The van der Waals surface area contributed by atoms with Crippen molar-refractivity contribution in [3.05, 3.63) is 60.8 Å². The Morgan fingerprint density at radius 3 is 1.34 bits per heavy atom. The zero-order valence-corrected chi connectivity index (χ0v) is 39.5. The summed E-state index contributed by atoms with van der Waals surface area (Å²) in [6.45, 7) is 2.32. The van der Waals surface area contributed by atoms with Gasteiger partial charge in [-0.3, -0.25) is 18.6 Å². The number of hydrogen-bond donors (Lipinski definition) is 3. The molecule has 0 aromatic carbocycles. The maximum atomic E-state index is 12.7. The summed E-state index contributed by atoms with van der Waals surface area (Å²) in [5.41, 5.74) is 0. The van der Waals surface area contributed by atoms with Crippen LogP contribution in [0.15, 0.2) is 60.8 Å². The van der Waals surface area contributed by atoms with Gasteiger partial charge in [-0.2, -0.15) is 0 Å². The molecule has 0 aliphatic carbocycles. The van der Waals surface area contributed by atoms with E-state index in [1.54, 1.807) is 0 Å². The first kappa shape index (κ1) is 58.7. The van der Waals surface area contributed by atoms with Gasteiger partial charge in [0.05, 0.1) is 19.8 Å². The van der Waals surface area contributed by atoms with Gasteiger partial charge in [-0.15, -0.1) is 0 Å². The van der Waals surface area contributed by atoms with Crippen LogP contribution < -0.4 is 0 Å². The Hall–Kier alpha value is -2.33. The van der Waals surface area contributed by atoms with Crippen LogP contribution in [0.4, 0.5) is 0 Å². The molecule has 3 N–H and O–H groups in total. The zero-order valence-electron chi connectivity index (χ0n) is 38.6. The topological polar surface area (TPSA) is 149 Å². The molecular weight excluding hydrogens is 792 g/mol. The number of phosphoric acid groups is 1. The molecule has 0 heterocycles. The SMILES string of the molecule is CCCCC/C=C\C/C=C\C/C=C\C/C=C\CCCCCC(=O)OC[C@H](COP(=O)(O)OC[C@@H](O)CO)OC(=O)CCCCCCCCCCC/C=C\CCCCCCCC. The van der Waals surface area contributed by atoms with Crippen molar-refractivity contribution in [2.75, 3.05) is 26.4 Å². The highest BCUT2D eigenvalue weighted by molar-refractivity contribution is 7.47. The predicted octanol–water partition coefficient (Wildman–Crippen LogP) is 13.5. The largest absolute Gasteiger partial charge is 0.472 e. The van der Waals surface area contributed by atoms with Gasteiger partial charge in [0.1, 0.15) is 12.7 Å². The molecule has 0 aromatic rings. The average molecular weight is 881 g/mol. The summed E-state index contributed by atoms with van der Waals surface area (Å²) < 4.78 is 32.8. The summed E-state index contributed by atoms with van der Waals surface area (Å²) in [6.07, 6.45) is 51.8. The van der Waals surface area contributed by atoms with E-state index in [0.717, 1.165) is 57.8 Å². The molecule has 1 unspecified atom stereocenters. The van der Waals surface area contributed by atoms with Crippen molar-refractivity contribution >= 4 is 19.8 Å². The molecule has 0 fully saturated rings. The quantitative estimate of drug-likeness (QED) is 0.0233. The van der Waals surface area contributed by atoms with Crippen molar-refractivity contribution in [2.45, 2.75) is 219 Å². The first-order chi connectivity index (χ1) is 29.7.